The highest BCUT2D eigenvalue weighted by Crippen LogP contribution is 2.45. The van der Waals surface area contributed by atoms with Crippen LogP contribution in [-0.2, 0) is 19.1 Å². The van der Waals surface area contributed by atoms with Crippen LogP contribution in [0, 0.1) is 11.3 Å². The van der Waals surface area contributed by atoms with E-state index in [4.69, 9.17) is 4.74 Å². The number of carbonyl (C=O) groups excluding carboxylic acids is 1. The third-order valence-corrected chi connectivity index (χ3v) is 3.89. The lowest BCUT2D eigenvalue weighted by molar-refractivity contribution is -0.170. The number of carbonyl (C=O) groups is 3. The van der Waals surface area contributed by atoms with Crippen LogP contribution in [0.15, 0.2) is 12.7 Å². The van der Waals surface area contributed by atoms with E-state index in [1.165, 1.54) is 0 Å². The summed E-state index contributed by atoms with van der Waals surface area (Å²) >= 11 is 0. The molecule has 1 saturated carbocycles. The fraction of sp³-hybridized carbons (Fsp3) is 0.643. The Labute approximate surface area is 117 Å². The van der Waals surface area contributed by atoms with Gasteiger partial charge in [0.1, 0.15) is 6.10 Å². The predicted molar refractivity (Wildman–Crippen MR) is 70.0 cm³/mol. The number of aliphatic carboxylic acids is 2. The third-order valence-electron chi connectivity index (χ3n) is 3.89. The molecule has 1 aliphatic rings. The smallest absolute Gasteiger partial charge is 0.330 e. The number of carboxylic acids is 2. The van der Waals surface area contributed by atoms with E-state index in [-0.39, 0.29) is 12.8 Å². The number of carboxylic acid groups (broad SMARTS) is 2. The number of rotatable bonds is 6. The zero-order chi connectivity index (χ0) is 15.3. The summed E-state index contributed by atoms with van der Waals surface area (Å²) in [6.07, 6.45) is 2.32. The summed E-state index contributed by atoms with van der Waals surface area (Å²) in [5.74, 6) is -3.82. The maximum atomic E-state index is 11.7. The normalized spacial score (nSPS) is 27.4. The van der Waals surface area contributed by atoms with Gasteiger partial charge in [0.2, 0.25) is 0 Å². The summed E-state index contributed by atoms with van der Waals surface area (Å²) in [6, 6.07) is 0. The van der Waals surface area contributed by atoms with Crippen LogP contribution in [0.25, 0.3) is 0 Å². The molecule has 2 N–H and O–H groups in total. The van der Waals surface area contributed by atoms with Crippen LogP contribution in [0.1, 0.15) is 39.0 Å². The van der Waals surface area contributed by atoms with Crippen LogP contribution >= 0.6 is 0 Å². The van der Waals surface area contributed by atoms with Crippen molar-refractivity contribution >= 4 is 17.9 Å². The molecule has 0 aromatic heterocycles. The van der Waals surface area contributed by atoms with Crippen LogP contribution < -0.4 is 0 Å². The first kappa shape index (κ1) is 16.2. The van der Waals surface area contributed by atoms with Crippen molar-refractivity contribution in [3.05, 3.63) is 12.7 Å². The van der Waals surface area contributed by atoms with Gasteiger partial charge in [0.25, 0.3) is 0 Å². The fourth-order valence-corrected chi connectivity index (χ4v) is 2.99. The molecule has 0 radical (unpaired) electrons. The molecule has 0 bridgehead atoms. The number of hydrogen-bond acceptors (Lipinski definition) is 4. The standard InChI is InChI=1S/C14H20O6/c1-3-11(15)20-9(2)8-14(13(18)19)7-5-4-6-10(14)12(16)17/h3,9-10H,1,4-8H2,2H3,(H,16,17)(H,18,19). The van der Waals surface area contributed by atoms with Gasteiger partial charge in [-0.05, 0) is 19.8 Å². The van der Waals surface area contributed by atoms with Gasteiger partial charge in [-0.15, -0.1) is 0 Å². The van der Waals surface area contributed by atoms with Crippen LogP contribution in [0.5, 0.6) is 0 Å². The topological polar surface area (TPSA) is 101 Å². The Balaban J connectivity index is 2.95. The lowest BCUT2D eigenvalue weighted by Gasteiger charge is -2.39. The largest absolute Gasteiger partial charge is 0.481 e. The summed E-state index contributed by atoms with van der Waals surface area (Å²) < 4.78 is 4.99. The molecule has 0 amide bonds. The molecule has 1 aliphatic carbocycles. The SMILES string of the molecule is C=CC(=O)OC(C)CC1(C(=O)O)CCCCC1C(=O)O. The van der Waals surface area contributed by atoms with Gasteiger partial charge in [0.05, 0.1) is 11.3 Å². The first-order chi connectivity index (χ1) is 9.33. The van der Waals surface area contributed by atoms with Crippen molar-refractivity contribution in [3.8, 4) is 0 Å². The predicted octanol–water partition coefficient (Wildman–Crippen LogP) is 1.84. The van der Waals surface area contributed by atoms with E-state index < -0.39 is 35.3 Å². The van der Waals surface area contributed by atoms with Crippen molar-refractivity contribution in [1.29, 1.82) is 0 Å². The van der Waals surface area contributed by atoms with Crippen LogP contribution in [0.3, 0.4) is 0 Å². The van der Waals surface area contributed by atoms with Crippen LogP contribution in [0.4, 0.5) is 0 Å². The molecule has 0 spiro atoms. The fourth-order valence-electron chi connectivity index (χ4n) is 2.99. The highest BCUT2D eigenvalue weighted by molar-refractivity contribution is 5.84. The van der Waals surface area contributed by atoms with Crippen molar-refractivity contribution in [2.45, 2.75) is 45.1 Å². The lowest BCUT2D eigenvalue weighted by atomic mass is 9.63. The van der Waals surface area contributed by atoms with Crippen molar-refractivity contribution in [2.75, 3.05) is 0 Å². The molecule has 0 aliphatic heterocycles. The van der Waals surface area contributed by atoms with Gasteiger partial charge in [-0.25, -0.2) is 4.79 Å². The van der Waals surface area contributed by atoms with Gasteiger partial charge in [0, 0.05) is 12.5 Å². The Morgan fingerprint density at radius 1 is 1.40 bits per heavy atom. The molecule has 1 rings (SSSR count). The number of esters is 1. The molecule has 1 fully saturated rings. The molecule has 6 nitrogen and oxygen atoms in total. The van der Waals surface area contributed by atoms with E-state index >= 15 is 0 Å². The van der Waals surface area contributed by atoms with E-state index in [0.29, 0.717) is 19.3 Å². The van der Waals surface area contributed by atoms with E-state index in [1.807, 2.05) is 0 Å². The van der Waals surface area contributed by atoms with E-state index in [2.05, 4.69) is 6.58 Å². The van der Waals surface area contributed by atoms with Gasteiger partial charge in [-0.3, -0.25) is 9.59 Å². The Hall–Kier alpha value is -1.85. The lowest BCUT2D eigenvalue weighted by Crippen LogP contribution is -2.47. The quantitative estimate of drug-likeness (QED) is 0.570. The molecule has 20 heavy (non-hydrogen) atoms. The molecular weight excluding hydrogens is 264 g/mol. The van der Waals surface area contributed by atoms with Gasteiger partial charge < -0.3 is 14.9 Å². The Bertz CT molecular complexity index is 416. The van der Waals surface area contributed by atoms with Crippen LogP contribution in [-0.4, -0.2) is 34.2 Å². The molecule has 0 aromatic rings. The summed E-state index contributed by atoms with van der Waals surface area (Å²) in [5.41, 5.74) is -1.37. The Morgan fingerprint density at radius 2 is 2.05 bits per heavy atom. The minimum absolute atomic E-state index is 0.00111. The highest BCUT2D eigenvalue weighted by Gasteiger charge is 2.51. The third kappa shape index (κ3) is 3.37. The van der Waals surface area contributed by atoms with Gasteiger partial charge >= 0.3 is 17.9 Å². The molecule has 0 heterocycles. The highest BCUT2D eigenvalue weighted by atomic mass is 16.5. The molecule has 112 valence electrons. The molecule has 0 aromatic carbocycles. The number of hydrogen-bond donors (Lipinski definition) is 2. The average Bonchev–Trinajstić information content (AvgIpc) is 2.38. The summed E-state index contributed by atoms with van der Waals surface area (Å²) in [6.45, 7) is 4.84. The second-order valence-corrected chi connectivity index (χ2v) is 5.25. The van der Waals surface area contributed by atoms with E-state index in [9.17, 15) is 24.6 Å². The molecule has 0 saturated heterocycles. The van der Waals surface area contributed by atoms with Crippen molar-refractivity contribution in [3.63, 3.8) is 0 Å². The first-order valence-corrected chi connectivity index (χ1v) is 6.62. The van der Waals surface area contributed by atoms with Crippen molar-refractivity contribution < 1.29 is 29.3 Å². The molecule has 3 unspecified atom stereocenters. The van der Waals surface area contributed by atoms with Crippen molar-refractivity contribution in [1.82, 2.24) is 0 Å². The van der Waals surface area contributed by atoms with E-state index in [1.54, 1.807) is 6.92 Å². The summed E-state index contributed by atoms with van der Waals surface area (Å²) in [4.78, 5) is 34.2. The zero-order valence-corrected chi connectivity index (χ0v) is 11.5. The summed E-state index contributed by atoms with van der Waals surface area (Å²) in [5, 5.41) is 18.8. The van der Waals surface area contributed by atoms with Crippen molar-refractivity contribution in [2.24, 2.45) is 11.3 Å². The molecule has 3 atom stereocenters. The average molecular weight is 284 g/mol. The number of ether oxygens (including phenoxy) is 1. The minimum Gasteiger partial charge on any atom is -0.481 e. The maximum Gasteiger partial charge on any atom is 0.330 e. The van der Waals surface area contributed by atoms with Gasteiger partial charge in [-0.1, -0.05) is 19.4 Å². The van der Waals surface area contributed by atoms with Crippen LogP contribution in [0.2, 0.25) is 0 Å². The first-order valence-electron chi connectivity index (χ1n) is 6.62. The van der Waals surface area contributed by atoms with Gasteiger partial charge in [0.15, 0.2) is 0 Å². The molecular formula is C14H20O6. The summed E-state index contributed by atoms with van der Waals surface area (Å²) in [7, 11) is 0. The second kappa shape index (κ2) is 6.54. The monoisotopic (exact) mass is 284 g/mol. The van der Waals surface area contributed by atoms with Gasteiger partial charge in [-0.2, -0.15) is 0 Å². The maximum absolute atomic E-state index is 11.7. The molecule has 6 heteroatoms. The minimum atomic E-state index is -1.37. The Morgan fingerprint density at radius 3 is 2.55 bits per heavy atom. The Kier molecular flexibility index (Phi) is 5.30. The van der Waals surface area contributed by atoms with E-state index in [0.717, 1.165) is 6.08 Å². The second-order valence-electron chi connectivity index (χ2n) is 5.25. The zero-order valence-electron chi connectivity index (χ0n) is 11.5.